The van der Waals surface area contributed by atoms with E-state index in [4.69, 9.17) is 5.73 Å². The standard InChI is InChI=1S/C11H16N2O4S2/c1-7-6-18-9(11(14)17-2)10(7)19(15,16)13-4-3-8(12)5-13/h6,8H,3-5,12H2,1-2H3/t8-/m1/s1. The zero-order valence-electron chi connectivity index (χ0n) is 10.8. The van der Waals surface area contributed by atoms with Crippen molar-refractivity contribution in [2.45, 2.75) is 24.3 Å². The molecule has 1 aliphatic rings. The number of aryl methyl sites for hydroxylation is 1. The number of hydrogen-bond donors (Lipinski definition) is 1. The molecule has 6 nitrogen and oxygen atoms in total. The molecule has 106 valence electrons. The number of carbonyl (C=O) groups excluding carboxylic acids is 1. The zero-order chi connectivity index (χ0) is 14.2. The molecule has 1 aromatic rings. The Labute approximate surface area is 116 Å². The second-order valence-corrected chi connectivity index (χ2v) is 7.23. The third-order valence-corrected chi connectivity index (χ3v) is 6.33. The summed E-state index contributed by atoms with van der Waals surface area (Å²) in [5.41, 5.74) is 6.30. The molecular formula is C11H16N2O4S2. The molecule has 2 heterocycles. The monoisotopic (exact) mass is 304 g/mol. The Hall–Kier alpha value is -0.960. The maximum absolute atomic E-state index is 12.6. The summed E-state index contributed by atoms with van der Waals surface area (Å²) in [4.78, 5) is 11.8. The summed E-state index contributed by atoms with van der Waals surface area (Å²) in [6.07, 6.45) is 0.635. The predicted octanol–water partition coefficient (Wildman–Crippen LogP) is 0.565. The highest BCUT2D eigenvalue weighted by molar-refractivity contribution is 7.89. The first-order chi connectivity index (χ1) is 8.87. The van der Waals surface area contributed by atoms with Crippen LogP contribution in [0.25, 0.3) is 0 Å². The van der Waals surface area contributed by atoms with E-state index in [2.05, 4.69) is 4.74 Å². The van der Waals surface area contributed by atoms with E-state index in [1.807, 2.05) is 0 Å². The van der Waals surface area contributed by atoms with Gasteiger partial charge in [0.1, 0.15) is 9.77 Å². The van der Waals surface area contributed by atoms with Crippen molar-refractivity contribution in [3.63, 3.8) is 0 Å². The van der Waals surface area contributed by atoms with Gasteiger partial charge in [-0.05, 0) is 24.3 Å². The third kappa shape index (κ3) is 2.53. The topological polar surface area (TPSA) is 89.7 Å². The molecule has 1 aromatic heterocycles. The van der Waals surface area contributed by atoms with E-state index in [0.717, 1.165) is 11.3 Å². The molecule has 19 heavy (non-hydrogen) atoms. The molecule has 2 rings (SSSR count). The normalized spacial score (nSPS) is 20.7. The van der Waals surface area contributed by atoms with Crippen molar-refractivity contribution in [2.75, 3.05) is 20.2 Å². The lowest BCUT2D eigenvalue weighted by Crippen LogP contribution is -2.32. The van der Waals surface area contributed by atoms with E-state index in [1.54, 1.807) is 12.3 Å². The van der Waals surface area contributed by atoms with E-state index in [1.165, 1.54) is 11.4 Å². The molecule has 1 atom stereocenters. The molecule has 0 bridgehead atoms. The van der Waals surface area contributed by atoms with Crippen LogP contribution in [0.2, 0.25) is 0 Å². The summed E-state index contributed by atoms with van der Waals surface area (Å²) in [7, 11) is -2.45. The summed E-state index contributed by atoms with van der Waals surface area (Å²) in [6, 6.07) is -0.143. The van der Waals surface area contributed by atoms with Gasteiger partial charge in [-0.25, -0.2) is 13.2 Å². The number of carbonyl (C=O) groups is 1. The van der Waals surface area contributed by atoms with Gasteiger partial charge >= 0.3 is 5.97 Å². The number of hydrogen-bond acceptors (Lipinski definition) is 6. The first-order valence-electron chi connectivity index (χ1n) is 5.80. The molecule has 0 amide bonds. The van der Waals surface area contributed by atoms with Crippen molar-refractivity contribution in [3.8, 4) is 0 Å². The highest BCUT2D eigenvalue weighted by Gasteiger charge is 2.36. The lowest BCUT2D eigenvalue weighted by Gasteiger charge is -2.16. The maximum Gasteiger partial charge on any atom is 0.349 e. The Morgan fingerprint density at radius 3 is 2.79 bits per heavy atom. The molecule has 1 saturated heterocycles. The molecule has 1 aliphatic heterocycles. The molecule has 0 saturated carbocycles. The predicted molar refractivity (Wildman–Crippen MR) is 71.7 cm³/mol. The van der Waals surface area contributed by atoms with Crippen molar-refractivity contribution in [1.82, 2.24) is 4.31 Å². The van der Waals surface area contributed by atoms with Crippen LogP contribution >= 0.6 is 11.3 Å². The zero-order valence-corrected chi connectivity index (χ0v) is 12.4. The van der Waals surface area contributed by atoms with Crippen LogP contribution in [0.3, 0.4) is 0 Å². The Morgan fingerprint density at radius 2 is 2.26 bits per heavy atom. The summed E-state index contributed by atoms with van der Waals surface area (Å²) in [6.45, 7) is 2.35. The Kier molecular flexibility index (Phi) is 3.95. The molecule has 1 fully saturated rings. The van der Waals surface area contributed by atoms with Gasteiger partial charge in [-0.3, -0.25) is 0 Å². The van der Waals surface area contributed by atoms with Gasteiger partial charge in [-0.1, -0.05) is 0 Å². The van der Waals surface area contributed by atoms with Crippen molar-refractivity contribution in [1.29, 1.82) is 0 Å². The molecule has 0 radical (unpaired) electrons. The van der Waals surface area contributed by atoms with Gasteiger partial charge in [0.2, 0.25) is 10.0 Å². The number of thiophene rings is 1. The fraction of sp³-hybridized carbons (Fsp3) is 0.545. The van der Waals surface area contributed by atoms with Crippen LogP contribution in [0.4, 0.5) is 0 Å². The number of nitrogens with two attached hydrogens (primary N) is 1. The van der Waals surface area contributed by atoms with Crippen molar-refractivity contribution in [2.24, 2.45) is 5.73 Å². The average Bonchev–Trinajstić information content (AvgIpc) is 2.95. The maximum atomic E-state index is 12.6. The Bertz CT molecular complexity index is 594. The van der Waals surface area contributed by atoms with Gasteiger partial charge in [0.15, 0.2) is 0 Å². The van der Waals surface area contributed by atoms with Crippen LogP contribution in [0, 0.1) is 6.92 Å². The summed E-state index contributed by atoms with van der Waals surface area (Å²) in [5.74, 6) is -0.625. The van der Waals surface area contributed by atoms with Crippen molar-refractivity contribution < 1.29 is 17.9 Å². The van der Waals surface area contributed by atoms with Gasteiger partial charge in [-0.15, -0.1) is 11.3 Å². The third-order valence-electron chi connectivity index (χ3n) is 3.07. The van der Waals surface area contributed by atoms with Gasteiger partial charge < -0.3 is 10.5 Å². The number of methoxy groups -OCH3 is 1. The molecule has 0 unspecified atom stereocenters. The minimum atomic E-state index is -3.68. The van der Waals surface area contributed by atoms with E-state index in [9.17, 15) is 13.2 Å². The molecule has 0 aliphatic carbocycles. The highest BCUT2D eigenvalue weighted by atomic mass is 32.2. The summed E-state index contributed by atoms with van der Waals surface area (Å²) >= 11 is 1.08. The van der Waals surface area contributed by atoms with Crippen molar-refractivity contribution in [3.05, 3.63) is 15.8 Å². The van der Waals surface area contributed by atoms with Gasteiger partial charge in [-0.2, -0.15) is 4.31 Å². The average molecular weight is 304 g/mol. The van der Waals surface area contributed by atoms with Crippen LogP contribution in [0.15, 0.2) is 10.3 Å². The Morgan fingerprint density at radius 1 is 1.58 bits per heavy atom. The van der Waals surface area contributed by atoms with E-state index in [-0.39, 0.29) is 22.4 Å². The SMILES string of the molecule is COC(=O)c1scc(C)c1S(=O)(=O)N1CC[C@@H](N)C1. The summed E-state index contributed by atoms with van der Waals surface area (Å²) < 4.78 is 31.1. The highest BCUT2D eigenvalue weighted by Crippen LogP contribution is 2.31. The van der Waals surface area contributed by atoms with E-state index >= 15 is 0 Å². The van der Waals surface area contributed by atoms with Gasteiger partial charge in [0.05, 0.1) is 7.11 Å². The second kappa shape index (κ2) is 5.20. The van der Waals surface area contributed by atoms with Crippen LogP contribution in [-0.2, 0) is 14.8 Å². The number of rotatable bonds is 3. The number of ether oxygens (including phenoxy) is 1. The van der Waals surface area contributed by atoms with Crippen LogP contribution in [0.5, 0.6) is 0 Å². The molecule has 0 aromatic carbocycles. The molecule has 0 spiro atoms. The smallest absolute Gasteiger partial charge is 0.349 e. The van der Waals surface area contributed by atoms with E-state index in [0.29, 0.717) is 18.5 Å². The lowest BCUT2D eigenvalue weighted by molar-refractivity contribution is 0.0602. The van der Waals surface area contributed by atoms with Crippen LogP contribution < -0.4 is 5.73 Å². The Balaban J connectivity index is 2.46. The largest absolute Gasteiger partial charge is 0.465 e. The summed E-state index contributed by atoms with van der Waals surface area (Å²) in [5, 5.41) is 1.65. The minimum absolute atomic E-state index is 0.0541. The number of sulfonamides is 1. The lowest BCUT2D eigenvalue weighted by atomic mass is 10.3. The second-order valence-electron chi connectivity index (χ2n) is 4.48. The number of esters is 1. The first-order valence-corrected chi connectivity index (χ1v) is 8.12. The molecular weight excluding hydrogens is 288 g/mol. The first kappa shape index (κ1) is 14.4. The quantitative estimate of drug-likeness (QED) is 0.824. The minimum Gasteiger partial charge on any atom is -0.465 e. The van der Waals surface area contributed by atoms with Gasteiger partial charge in [0.25, 0.3) is 0 Å². The van der Waals surface area contributed by atoms with Gasteiger partial charge in [0, 0.05) is 19.1 Å². The molecule has 8 heteroatoms. The van der Waals surface area contributed by atoms with Crippen LogP contribution in [0.1, 0.15) is 21.7 Å². The van der Waals surface area contributed by atoms with E-state index < -0.39 is 16.0 Å². The number of nitrogens with zero attached hydrogens (tertiary/aromatic N) is 1. The fourth-order valence-electron chi connectivity index (χ4n) is 2.09. The fourth-order valence-corrected chi connectivity index (χ4v) is 5.26. The van der Waals surface area contributed by atoms with Crippen LogP contribution in [-0.4, -0.2) is 44.9 Å². The molecule has 2 N–H and O–H groups in total. The van der Waals surface area contributed by atoms with Crippen molar-refractivity contribution >= 4 is 27.3 Å².